The number of hydrogen-bond donors (Lipinski definition) is 2. The molecule has 0 aliphatic carbocycles. The standard InChI is InChI=1S/C13H26N4O2S/c1-9-12(10(2)17(15-9)8-7-14)20(18,19)16-11(3)13(4,5)6/h11,16H,7-8,14H2,1-6H3. The van der Waals surface area contributed by atoms with Crippen LogP contribution in [0, 0.1) is 19.3 Å². The molecule has 0 saturated heterocycles. The highest BCUT2D eigenvalue weighted by molar-refractivity contribution is 7.89. The van der Waals surface area contributed by atoms with E-state index in [1.165, 1.54) is 0 Å². The molecule has 1 unspecified atom stereocenters. The lowest BCUT2D eigenvalue weighted by Gasteiger charge is -2.27. The first-order valence-corrected chi connectivity index (χ1v) is 8.25. The maximum absolute atomic E-state index is 12.6. The fourth-order valence-electron chi connectivity index (χ4n) is 1.88. The number of nitrogens with two attached hydrogens (primary N) is 1. The van der Waals surface area contributed by atoms with Crippen molar-refractivity contribution in [3.63, 3.8) is 0 Å². The average molecular weight is 302 g/mol. The van der Waals surface area contributed by atoms with Crippen LogP contribution in [0.5, 0.6) is 0 Å². The van der Waals surface area contributed by atoms with E-state index in [1.54, 1.807) is 18.5 Å². The van der Waals surface area contributed by atoms with Gasteiger partial charge < -0.3 is 5.73 Å². The van der Waals surface area contributed by atoms with Gasteiger partial charge in [-0.05, 0) is 26.2 Å². The first-order chi connectivity index (χ1) is 9.00. The summed E-state index contributed by atoms with van der Waals surface area (Å²) in [5, 5.41) is 4.25. The fraction of sp³-hybridized carbons (Fsp3) is 0.769. The minimum atomic E-state index is -3.58. The second kappa shape index (κ2) is 5.83. The summed E-state index contributed by atoms with van der Waals surface area (Å²) in [5.74, 6) is 0. The first-order valence-electron chi connectivity index (χ1n) is 6.77. The molecule has 6 nitrogen and oxygen atoms in total. The molecule has 0 aromatic carbocycles. The SMILES string of the molecule is Cc1nn(CCN)c(C)c1S(=O)(=O)NC(C)C(C)(C)C. The van der Waals surface area contributed by atoms with Crippen LogP contribution in [0.15, 0.2) is 4.90 Å². The summed E-state index contributed by atoms with van der Waals surface area (Å²) in [6, 6.07) is -0.177. The molecule has 1 aromatic heterocycles. The molecule has 20 heavy (non-hydrogen) atoms. The second-order valence-corrected chi connectivity index (χ2v) is 7.87. The van der Waals surface area contributed by atoms with Gasteiger partial charge in [0, 0.05) is 12.6 Å². The molecule has 0 bridgehead atoms. The predicted molar refractivity (Wildman–Crippen MR) is 80.0 cm³/mol. The summed E-state index contributed by atoms with van der Waals surface area (Å²) in [6.07, 6.45) is 0. The summed E-state index contributed by atoms with van der Waals surface area (Å²) in [6.45, 7) is 12.3. The van der Waals surface area contributed by atoms with E-state index in [9.17, 15) is 8.42 Å². The normalized spacial score (nSPS) is 14.6. The molecule has 0 spiro atoms. The third kappa shape index (κ3) is 3.59. The number of aryl methyl sites for hydroxylation is 1. The molecular weight excluding hydrogens is 276 g/mol. The van der Waals surface area contributed by atoms with Crippen molar-refractivity contribution in [2.45, 2.75) is 59.0 Å². The number of aromatic nitrogens is 2. The minimum Gasteiger partial charge on any atom is -0.329 e. The van der Waals surface area contributed by atoms with Crippen molar-refractivity contribution in [3.8, 4) is 0 Å². The Morgan fingerprint density at radius 2 is 1.90 bits per heavy atom. The van der Waals surface area contributed by atoms with Gasteiger partial charge in [-0.2, -0.15) is 5.10 Å². The lowest BCUT2D eigenvalue weighted by Crippen LogP contribution is -2.41. The van der Waals surface area contributed by atoms with Crippen LogP contribution in [0.3, 0.4) is 0 Å². The van der Waals surface area contributed by atoms with Crippen LogP contribution in [0.2, 0.25) is 0 Å². The van der Waals surface area contributed by atoms with E-state index in [2.05, 4.69) is 9.82 Å². The Morgan fingerprint density at radius 3 is 2.35 bits per heavy atom. The van der Waals surface area contributed by atoms with Crippen molar-refractivity contribution in [3.05, 3.63) is 11.4 Å². The quantitative estimate of drug-likeness (QED) is 0.854. The molecule has 0 radical (unpaired) electrons. The molecule has 116 valence electrons. The van der Waals surface area contributed by atoms with Gasteiger partial charge in [-0.25, -0.2) is 13.1 Å². The molecule has 1 rings (SSSR count). The predicted octanol–water partition coefficient (Wildman–Crippen LogP) is 1.17. The van der Waals surface area contributed by atoms with Gasteiger partial charge in [-0.15, -0.1) is 0 Å². The van der Waals surface area contributed by atoms with E-state index >= 15 is 0 Å². The molecule has 0 aliphatic heterocycles. The summed E-state index contributed by atoms with van der Waals surface area (Å²) in [5.41, 5.74) is 6.49. The molecular formula is C13H26N4O2S. The van der Waals surface area contributed by atoms with Crippen LogP contribution in [0.25, 0.3) is 0 Å². The number of nitrogens with one attached hydrogen (secondary N) is 1. The highest BCUT2D eigenvalue weighted by atomic mass is 32.2. The van der Waals surface area contributed by atoms with Gasteiger partial charge in [0.05, 0.1) is 17.9 Å². The Balaban J connectivity index is 3.17. The summed E-state index contributed by atoms with van der Waals surface area (Å²) < 4.78 is 29.5. The topological polar surface area (TPSA) is 90.0 Å². The van der Waals surface area contributed by atoms with E-state index in [1.807, 2.05) is 27.7 Å². The molecule has 1 atom stereocenters. The van der Waals surface area contributed by atoms with E-state index in [0.29, 0.717) is 24.5 Å². The lowest BCUT2D eigenvalue weighted by atomic mass is 9.89. The van der Waals surface area contributed by atoms with Gasteiger partial charge in [0.1, 0.15) is 4.90 Å². The van der Waals surface area contributed by atoms with Crippen LogP contribution >= 0.6 is 0 Å². The zero-order chi connectivity index (χ0) is 15.7. The van der Waals surface area contributed by atoms with E-state index in [0.717, 1.165) is 0 Å². The van der Waals surface area contributed by atoms with Crippen LogP contribution in [-0.4, -0.2) is 30.8 Å². The summed E-state index contributed by atoms with van der Waals surface area (Å²) >= 11 is 0. The van der Waals surface area contributed by atoms with E-state index < -0.39 is 10.0 Å². The van der Waals surface area contributed by atoms with Crippen molar-refractivity contribution in [2.24, 2.45) is 11.1 Å². The smallest absolute Gasteiger partial charge is 0.244 e. The van der Waals surface area contributed by atoms with Gasteiger partial charge in [0.2, 0.25) is 10.0 Å². The number of sulfonamides is 1. The summed E-state index contributed by atoms with van der Waals surface area (Å²) in [7, 11) is -3.58. The number of rotatable bonds is 5. The maximum Gasteiger partial charge on any atom is 0.244 e. The third-order valence-electron chi connectivity index (χ3n) is 3.56. The van der Waals surface area contributed by atoms with Crippen molar-refractivity contribution < 1.29 is 8.42 Å². The number of nitrogens with zero attached hydrogens (tertiary/aromatic N) is 2. The maximum atomic E-state index is 12.6. The fourth-order valence-corrected chi connectivity index (χ4v) is 3.74. The van der Waals surface area contributed by atoms with Crippen LogP contribution in [0.4, 0.5) is 0 Å². The Labute approximate surface area is 121 Å². The van der Waals surface area contributed by atoms with Gasteiger partial charge in [0.25, 0.3) is 0 Å². The molecule has 0 fully saturated rings. The van der Waals surface area contributed by atoms with Crippen LogP contribution < -0.4 is 10.5 Å². The Bertz CT molecular complexity index is 570. The number of hydrogen-bond acceptors (Lipinski definition) is 4. The van der Waals surface area contributed by atoms with Gasteiger partial charge in [-0.3, -0.25) is 4.68 Å². The molecule has 0 saturated carbocycles. The molecule has 3 N–H and O–H groups in total. The molecule has 1 aromatic rings. The largest absolute Gasteiger partial charge is 0.329 e. The van der Waals surface area contributed by atoms with Crippen LogP contribution in [-0.2, 0) is 16.6 Å². The lowest BCUT2D eigenvalue weighted by molar-refractivity contribution is 0.317. The van der Waals surface area contributed by atoms with Crippen LogP contribution in [0.1, 0.15) is 39.1 Å². The average Bonchev–Trinajstić information content (AvgIpc) is 2.53. The van der Waals surface area contributed by atoms with Crippen molar-refractivity contribution >= 4 is 10.0 Å². The van der Waals surface area contributed by atoms with E-state index in [-0.39, 0.29) is 16.4 Å². The third-order valence-corrected chi connectivity index (χ3v) is 5.35. The van der Waals surface area contributed by atoms with Crippen molar-refractivity contribution in [1.29, 1.82) is 0 Å². The highest BCUT2D eigenvalue weighted by Crippen LogP contribution is 2.24. The molecule has 7 heteroatoms. The molecule has 1 heterocycles. The summed E-state index contributed by atoms with van der Waals surface area (Å²) in [4.78, 5) is 0.266. The molecule has 0 aliphatic rings. The van der Waals surface area contributed by atoms with E-state index in [4.69, 9.17) is 5.73 Å². The molecule has 0 amide bonds. The Morgan fingerprint density at radius 1 is 1.35 bits per heavy atom. The Hall–Kier alpha value is -0.920. The van der Waals surface area contributed by atoms with Gasteiger partial charge >= 0.3 is 0 Å². The van der Waals surface area contributed by atoms with Gasteiger partial charge in [-0.1, -0.05) is 20.8 Å². The zero-order valence-electron chi connectivity index (χ0n) is 13.2. The van der Waals surface area contributed by atoms with Crippen molar-refractivity contribution in [2.75, 3.05) is 6.54 Å². The van der Waals surface area contributed by atoms with Gasteiger partial charge in [0.15, 0.2) is 0 Å². The first kappa shape index (κ1) is 17.1. The highest BCUT2D eigenvalue weighted by Gasteiger charge is 2.30. The minimum absolute atomic E-state index is 0.151. The van der Waals surface area contributed by atoms with Crippen molar-refractivity contribution in [1.82, 2.24) is 14.5 Å². The zero-order valence-corrected chi connectivity index (χ0v) is 14.0. The Kier molecular flexibility index (Phi) is 4.99. The second-order valence-electron chi connectivity index (χ2n) is 6.22. The monoisotopic (exact) mass is 302 g/mol.